The van der Waals surface area contributed by atoms with Crippen molar-refractivity contribution < 1.29 is 19.1 Å². The first-order chi connectivity index (χ1) is 9.60. The van der Waals surface area contributed by atoms with E-state index in [9.17, 15) is 9.59 Å². The Morgan fingerprint density at radius 3 is 2.50 bits per heavy atom. The summed E-state index contributed by atoms with van der Waals surface area (Å²) in [6.45, 7) is 0. The third-order valence-corrected chi connectivity index (χ3v) is 3.11. The fraction of sp³-hybridized carbons (Fsp3) is 0.200. The molecule has 104 valence electrons. The summed E-state index contributed by atoms with van der Waals surface area (Å²) in [6, 6.07) is 7.55. The number of fused-ring (bicyclic) bond motifs is 1. The molecule has 1 aromatic heterocycles. The fourth-order valence-electron chi connectivity index (χ4n) is 2.15. The summed E-state index contributed by atoms with van der Waals surface area (Å²) >= 11 is 0. The van der Waals surface area contributed by atoms with E-state index in [0.29, 0.717) is 11.3 Å². The predicted molar refractivity (Wildman–Crippen MR) is 75.3 cm³/mol. The molecule has 5 heteroatoms. The highest BCUT2D eigenvalue weighted by Gasteiger charge is 2.19. The Bertz CT molecular complexity index is 697. The minimum absolute atomic E-state index is 0.397. The monoisotopic (exact) mass is 273 g/mol. The molecule has 20 heavy (non-hydrogen) atoms. The Morgan fingerprint density at radius 2 is 1.85 bits per heavy atom. The summed E-state index contributed by atoms with van der Waals surface area (Å²) in [4.78, 5) is 23.2. The third-order valence-electron chi connectivity index (χ3n) is 3.11. The summed E-state index contributed by atoms with van der Waals surface area (Å²) in [5.41, 5.74) is 1.92. The highest BCUT2D eigenvalue weighted by Crippen LogP contribution is 2.27. The van der Waals surface area contributed by atoms with Crippen molar-refractivity contribution in [1.29, 1.82) is 0 Å². The number of hydrogen-bond acceptors (Lipinski definition) is 4. The number of hydrogen-bond donors (Lipinski definition) is 0. The van der Waals surface area contributed by atoms with Crippen LogP contribution in [-0.4, -0.2) is 30.7 Å². The first kappa shape index (κ1) is 13.9. The number of nitrogens with zero attached hydrogens (tertiary/aromatic N) is 1. The summed E-state index contributed by atoms with van der Waals surface area (Å²) in [5.74, 6) is -0.929. The van der Waals surface area contributed by atoms with Crippen LogP contribution in [0.4, 0.5) is 0 Å². The fourth-order valence-corrected chi connectivity index (χ4v) is 2.15. The lowest BCUT2D eigenvalue weighted by molar-refractivity contribution is -0.134. The van der Waals surface area contributed by atoms with Gasteiger partial charge in [0.05, 0.1) is 14.2 Å². The van der Waals surface area contributed by atoms with Crippen LogP contribution in [0.3, 0.4) is 0 Å². The Balaban J connectivity index is 2.69. The number of ether oxygens (including phenoxy) is 2. The lowest BCUT2D eigenvalue weighted by Crippen LogP contribution is -2.09. The van der Waals surface area contributed by atoms with E-state index >= 15 is 0 Å². The first-order valence-electron chi connectivity index (χ1n) is 6.02. The maximum Gasteiger partial charge on any atom is 0.355 e. The zero-order valence-corrected chi connectivity index (χ0v) is 11.5. The summed E-state index contributed by atoms with van der Waals surface area (Å²) in [5, 5.41) is 0.871. The number of carbonyl (C=O) groups excluding carboxylic acids is 2. The Labute approximate surface area is 116 Å². The summed E-state index contributed by atoms with van der Waals surface area (Å²) in [6.07, 6.45) is 2.86. The molecular weight excluding hydrogens is 258 g/mol. The average Bonchev–Trinajstić information content (AvgIpc) is 2.77. The van der Waals surface area contributed by atoms with Crippen LogP contribution in [0.25, 0.3) is 17.0 Å². The molecule has 1 aromatic carbocycles. The lowest BCUT2D eigenvalue weighted by Gasteiger charge is -2.03. The molecule has 0 fully saturated rings. The van der Waals surface area contributed by atoms with E-state index in [1.807, 2.05) is 24.3 Å². The van der Waals surface area contributed by atoms with E-state index < -0.39 is 11.9 Å². The number of rotatable bonds is 3. The average molecular weight is 273 g/mol. The van der Waals surface area contributed by atoms with Crippen LogP contribution in [0.15, 0.2) is 30.3 Å². The standard InChI is InChI=1S/C15H15NO4/c1-16-12-7-5-4-6-10(12)11(8-9-13(17)19-2)14(16)15(18)20-3/h4-9H,1-3H3/b9-8+. The van der Waals surface area contributed by atoms with Gasteiger partial charge in [0, 0.05) is 29.6 Å². The molecular formula is C15H15NO4. The van der Waals surface area contributed by atoms with Gasteiger partial charge in [0.2, 0.25) is 0 Å². The van der Waals surface area contributed by atoms with E-state index in [1.165, 1.54) is 20.3 Å². The molecule has 0 saturated carbocycles. The van der Waals surface area contributed by atoms with Gasteiger partial charge in [-0.1, -0.05) is 18.2 Å². The maximum absolute atomic E-state index is 11.9. The molecule has 0 aliphatic carbocycles. The molecule has 0 aliphatic heterocycles. The molecule has 2 rings (SSSR count). The number of benzene rings is 1. The van der Waals surface area contributed by atoms with Crippen molar-refractivity contribution in [2.75, 3.05) is 14.2 Å². The molecule has 1 heterocycles. The topological polar surface area (TPSA) is 57.5 Å². The highest BCUT2D eigenvalue weighted by atomic mass is 16.5. The Morgan fingerprint density at radius 1 is 1.15 bits per heavy atom. The van der Waals surface area contributed by atoms with Crippen molar-refractivity contribution >= 4 is 28.9 Å². The zero-order chi connectivity index (χ0) is 14.7. The van der Waals surface area contributed by atoms with Crippen LogP contribution in [0, 0.1) is 0 Å². The van der Waals surface area contributed by atoms with Crippen molar-refractivity contribution in [1.82, 2.24) is 4.57 Å². The third kappa shape index (κ3) is 2.30. The molecule has 0 spiro atoms. The predicted octanol–water partition coefficient (Wildman–Crippen LogP) is 2.15. The number of methoxy groups -OCH3 is 2. The molecule has 0 amide bonds. The second-order valence-corrected chi connectivity index (χ2v) is 4.19. The van der Waals surface area contributed by atoms with Crippen molar-refractivity contribution in [2.45, 2.75) is 0 Å². The summed E-state index contributed by atoms with van der Waals surface area (Å²) < 4.78 is 11.1. The number of esters is 2. The Hall–Kier alpha value is -2.56. The van der Waals surface area contributed by atoms with Crippen LogP contribution < -0.4 is 0 Å². The Kier molecular flexibility index (Phi) is 3.89. The van der Waals surface area contributed by atoms with Gasteiger partial charge in [0.15, 0.2) is 0 Å². The van der Waals surface area contributed by atoms with Gasteiger partial charge in [0.25, 0.3) is 0 Å². The van der Waals surface area contributed by atoms with Gasteiger partial charge in [-0.3, -0.25) is 0 Å². The number of para-hydroxylation sites is 1. The smallest absolute Gasteiger partial charge is 0.355 e. The van der Waals surface area contributed by atoms with Gasteiger partial charge in [0.1, 0.15) is 5.69 Å². The van der Waals surface area contributed by atoms with Crippen LogP contribution in [0.1, 0.15) is 16.1 Å². The van der Waals surface area contributed by atoms with Crippen LogP contribution in [0.2, 0.25) is 0 Å². The van der Waals surface area contributed by atoms with Crippen LogP contribution >= 0.6 is 0 Å². The quantitative estimate of drug-likeness (QED) is 0.635. The minimum atomic E-state index is -0.478. The second kappa shape index (κ2) is 5.61. The molecule has 2 aromatic rings. The van der Waals surface area contributed by atoms with Gasteiger partial charge in [-0.2, -0.15) is 0 Å². The molecule has 0 radical (unpaired) electrons. The number of carbonyl (C=O) groups is 2. The largest absolute Gasteiger partial charge is 0.466 e. The van der Waals surface area contributed by atoms with Gasteiger partial charge < -0.3 is 14.0 Å². The van der Waals surface area contributed by atoms with Crippen molar-refractivity contribution in [3.63, 3.8) is 0 Å². The molecule has 5 nitrogen and oxygen atoms in total. The van der Waals surface area contributed by atoms with Gasteiger partial charge in [-0.25, -0.2) is 9.59 Å². The van der Waals surface area contributed by atoms with E-state index in [2.05, 4.69) is 4.74 Å². The van der Waals surface area contributed by atoms with Crippen molar-refractivity contribution in [3.8, 4) is 0 Å². The zero-order valence-electron chi connectivity index (χ0n) is 11.5. The van der Waals surface area contributed by atoms with Gasteiger partial charge >= 0.3 is 11.9 Å². The molecule has 0 saturated heterocycles. The van der Waals surface area contributed by atoms with E-state index in [0.717, 1.165) is 10.9 Å². The van der Waals surface area contributed by atoms with Crippen LogP contribution in [-0.2, 0) is 21.3 Å². The van der Waals surface area contributed by atoms with Crippen molar-refractivity contribution in [3.05, 3.63) is 41.6 Å². The van der Waals surface area contributed by atoms with Gasteiger partial charge in [-0.15, -0.1) is 0 Å². The minimum Gasteiger partial charge on any atom is -0.466 e. The summed E-state index contributed by atoms with van der Waals surface area (Å²) in [7, 11) is 4.41. The number of aromatic nitrogens is 1. The van der Waals surface area contributed by atoms with E-state index in [4.69, 9.17) is 4.74 Å². The molecule has 0 aliphatic rings. The second-order valence-electron chi connectivity index (χ2n) is 4.19. The molecule has 0 bridgehead atoms. The van der Waals surface area contributed by atoms with E-state index in [1.54, 1.807) is 17.7 Å². The SMILES string of the molecule is COC(=O)/C=C/c1c(C(=O)OC)n(C)c2ccccc12. The van der Waals surface area contributed by atoms with E-state index in [-0.39, 0.29) is 0 Å². The molecule has 0 atom stereocenters. The first-order valence-corrected chi connectivity index (χ1v) is 6.02. The highest BCUT2D eigenvalue weighted by molar-refractivity contribution is 6.04. The normalized spacial score (nSPS) is 10.9. The molecule has 0 unspecified atom stereocenters. The molecule has 0 N–H and O–H groups in total. The lowest BCUT2D eigenvalue weighted by atomic mass is 10.1. The maximum atomic E-state index is 11.9. The van der Waals surface area contributed by atoms with Crippen LogP contribution in [0.5, 0.6) is 0 Å². The van der Waals surface area contributed by atoms with Gasteiger partial charge in [-0.05, 0) is 12.1 Å². The van der Waals surface area contributed by atoms with Crippen molar-refractivity contribution in [2.24, 2.45) is 7.05 Å². The number of aryl methyl sites for hydroxylation is 1.